The van der Waals surface area contributed by atoms with Crippen molar-refractivity contribution in [3.05, 3.63) is 11.1 Å². The highest BCUT2D eigenvalue weighted by molar-refractivity contribution is 8.17. The summed E-state index contributed by atoms with van der Waals surface area (Å²) in [5, 5.41) is 8.07. The van der Waals surface area contributed by atoms with Gasteiger partial charge in [0.15, 0.2) is 10.3 Å². The van der Waals surface area contributed by atoms with E-state index in [-0.39, 0.29) is 24.8 Å². The zero-order valence-corrected chi connectivity index (χ0v) is 15.3. The van der Waals surface area contributed by atoms with Crippen LogP contribution in [-0.4, -0.2) is 46.7 Å². The van der Waals surface area contributed by atoms with Crippen LogP contribution in [0.5, 0.6) is 0 Å². The molecule has 0 aromatic heterocycles. The molecule has 0 fully saturated rings. The van der Waals surface area contributed by atoms with Gasteiger partial charge in [-0.05, 0) is 11.8 Å². The molecule has 0 saturated carbocycles. The van der Waals surface area contributed by atoms with E-state index < -0.39 is 0 Å². The number of hydrogen-bond acceptors (Lipinski definition) is 6. The number of thioether (sulfide) groups is 2. The minimum Gasteiger partial charge on any atom is -0.360 e. The molecule has 0 spiro atoms. The summed E-state index contributed by atoms with van der Waals surface area (Å²) in [5.41, 5.74) is 1.38. The molecule has 3 rings (SSSR count). The van der Waals surface area contributed by atoms with Crippen molar-refractivity contribution in [1.82, 2.24) is 10.2 Å². The summed E-state index contributed by atoms with van der Waals surface area (Å²) in [7, 11) is 0. The molecule has 1 unspecified atom stereocenters. The third-order valence-corrected chi connectivity index (χ3v) is 5.41. The van der Waals surface area contributed by atoms with Gasteiger partial charge in [-0.15, -0.1) is 24.8 Å². The van der Waals surface area contributed by atoms with Gasteiger partial charge in [-0.1, -0.05) is 43.3 Å². The predicted molar refractivity (Wildman–Crippen MR) is 100 cm³/mol. The Kier molecular flexibility index (Phi) is 8.31. The monoisotopic (exact) mass is 368 g/mol. The van der Waals surface area contributed by atoms with Crippen LogP contribution in [0.3, 0.4) is 0 Å². The number of amidine groups is 2. The molecule has 0 aromatic rings. The molecule has 0 bridgehead atoms. The van der Waals surface area contributed by atoms with Crippen molar-refractivity contribution in [2.75, 3.05) is 25.4 Å². The highest BCUT2D eigenvalue weighted by Crippen LogP contribution is 2.31. The first-order valence-electron chi connectivity index (χ1n) is 6.98. The summed E-state index contributed by atoms with van der Waals surface area (Å²) in [6, 6.07) is 0.568. The second-order valence-electron chi connectivity index (χ2n) is 4.96. The molecule has 3 aliphatic rings. The Labute approximate surface area is 147 Å². The minimum absolute atomic E-state index is 0. The van der Waals surface area contributed by atoms with Crippen LogP contribution in [0, 0.1) is 0 Å². The Morgan fingerprint density at radius 3 is 3.10 bits per heavy atom. The van der Waals surface area contributed by atoms with Crippen LogP contribution in [0.2, 0.25) is 0 Å². The number of hydrogen-bond donors (Lipinski definition) is 1. The normalized spacial score (nSPS) is 22.6. The summed E-state index contributed by atoms with van der Waals surface area (Å²) in [6.45, 7) is 5.19. The number of rotatable bonds is 5. The smallest absolute Gasteiger partial charge is 0.167 e. The van der Waals surface area contributed by atoms with E-state index in [0.717, 1.165) is 30.6 Å². The third kappa shape index (κ3) is 4.71. The maximum Gasteiger partial charge on any atom is 0.167 e. The van der Waals surface area contributed by atoms with Crippen molar-refractivity contribution >= 4 is 58.7 Å². The molecule has 4 nitrogen and oxygen atoms in total. The second kappa shape index (κ2) is 9.18. The Morgan fingerprint density at radius 1 is 1.43 bits per heavy atom. The van der Waals surface area contributed by atoms with Crippen molar-refractivity contribution in [3.63, 3.8) is 0 Å². The highest BCUT2D eigenvalue weighted by Gasteiger charge is 2.26. The van der Waals surface area contributed by atoms with E-state index in [1.54, 1.807) is 11.8 Å². The lowest BCUT2D eigenvalue weighted by Crippen LogP contribution is -2.29. The minimum atomic E-state index is 0. The number of fused-ring (bicyclic) bond motifs is 1. The molecular weight excluding hydrogens is 347 g/mol. The summed E-state index contributed by atoms with van der Waals surface area (Å²) >= 11 is 3.58. The van der Waals surface area contributed by atoms with Gasteiger partial charge in [0.05, 0.1) is 13.1 Å². The van der Waals surface area contributed by atoms with Crippen LogP contribution in [0.4, 0.5) is 0 Å². The van der Waals surface area contributed by atoms with Crippen LogP contribution in [-0.2, 0) is 0 Å². The van der Waals surface area contributed by atoms with E-state index in [1.807, 2.05) is 11.8 Å². The lowest BCUT2D eigenvalue weighted by Gasteiger charge is -2.16. The molecule has 0 aliphatic carbocycles. The average Bonchev–Trinajstić information content (AvgIpc) is 3.11. The summed E-state index contributed by atoms with van der Waals surface area (Å²) in [4.78, 5) is 11.4. The molecular formula is C13H22Cl2N4S2. The van der Waals surface area contributed by atoms with Gasteiger partial charge in [0.1, 0.15) is 0 Å². The number of unbranched alkanes of at least 4 members (excludes halogenated alkanes) is 1. The van der Waals surface area contributed by atoms with Crippen LogP contribution in [0.1, 0.15) is 26.2 Å². The van der Waals surface area contributed by atoms with Gasteiger partial charge in [0, 0.05) is 24.0 Å². The summed E-state index contributed by atoms with van der Waals surface area (Å²) in [5.74, 6) is 0.998. The van der Waals surface area contributed by atoms with Crippen molar-refractivity contribution in [2.45, 2.75) is 32.2 Å². The first-order valence-corrected chi connectivity index (χ1v) is 8.85. The zero-order chi connectivity index (χ0) is 13.1. The topological polar surface area (TPSA) is 40.0 Å². The van der Waals surface area contributed by atoms with Crippen molar-refractivity contribution in [1.29, 1.82) is 0 Å². The fraction of sp³-hybridized carbons (Fsp3) is 0.692. The van der Waals surface area contributed by atoms with E-state index in [2.05, 4.69) is 32.5 Å². The molecule has 3 aliphatic heterocycles. The number of nitrogens with one attached hydrogen (secondary N) is 1. The molecule has 0 aromatic carbocycles. The molecule has 120 valence electrons. The SMILES string of the molecule is CCCCC1CN=C(SCC2=CSC3=NCCN23)N1.Cl.Cl. The van der Waals surface area contributed by atoms with Gasteiger partial charge in [-0.2, -0.15) is 0 Å². The van der Waals surface area contributed by atoms with Gasteiger partial charge in [0.2, 0.25) is 0 Å². The maximum atomic E-state index is 4.60. The van der Waals surface area contributed by atoms with Crippen LogP contribution >= 0.6 is 48.3 Å². The third-order valence-electron chi connectivity index (χ3n) is 3.49. The molecule has 1 atom stereocenters. The Hall–Kier alpha value is -0.0400. The number of aliphatic imine (C=N–C) groups is 2. The molecule has 1 N–H and O–H groups in total. The highest BCUT2D eigenvalue weighted by atomic mass is 35.5. The summed E-state index contributed by atoms with van der Waals surface area (Å²) < 4.78 is 0. The zero-order valence-electron chi connectivity index (χ0n) is 12.1. The molecule has 0 radical (unpaired) electrons. The fourth-order valence-corrected chi connectivity index (χ4v) is 4.39. The van der Waals surface area contributed by atoms with Gasteiger partial charge in [-0.25, -0.2) is 0 Å². The van der Waals surface area contributed by atoms with E-state index in [0.29, 0.717) is 6.04 Å². The first-order chi connectivity index (χ1) is 9.36. The number of nitrogens with zero attached hydrogens (tertiary/aromatic N) is 3. The van der Waals surface area contributed by atoms with Gasteiger partial charge in [-0.3, -0.25) is 9.98 Å². The van der Waals surface area contributed by atoms with Crippen molar-refractivity contribution in [3.8, 4) is 0 Å². The van der Waals surface area contributed by atoms with Gasteiger partial charge >= 0.3 is 0 Å². The van der Waals surface area contributed by atoms with Crippen molar-refractivity contribution in [2.24, 2.45) is 9.98 Å². The van der Waals surface area contributed by atoms with E-state index >= 15 is 0 Å². The van der Waals surface area contributed by atoms with E-state index in [4.69, 9.17) is 0 Å². The van der Waals surface area contributed by atoms with Gasteiger partial charge < -0.3 is 10.2 Å². The molecule has 0 saturated heterocycles. The van der Waals surface area contributed by atoms with Crippen LogP contribution in [0.25, 0.3) is 0 Å². The average molecular weight is 369 g/mol. The predicted octanol–water partition coefficient (Wildman–Crippen LogP) is 3.34. The van der Waals surface area contributed by atoms with Crippen molar-refractivity contribution < 1.29 is 0 Å². The Morgan fingerprint density at radius 2 is 2.29 bits per heavy atom. The molecule has 21 heavy (non-hydrogen) atoms. The fourth-order valence-electron chi connectivity index (χ4n) is 2.39. The standard InChI is InChI=1S/C13H20N4S2.2ClH/c1-2-3-4-10-7-15-12(16-10)18-8-11-9-19-13-14-5-6-17(11)13;;/h9-10H,2-8H2,1H3,(H,15,16);2*1H. The van der Waals surface area contributed by atoms with E-state index in [1.165, 1.54) is 30.1 Å². The Bertz CT molecular complexity index is 440. The lowest BCUT2D eigenvalue weighted by atomic mass is 10.1. The molecule has 3 heterocycles. The first kappa shape index (κ1) is 19.0. The number of halogens is 2. The van der Waals surface area contributed by atoms with Crippen LogP contribution in [0.15, 0.2) is 21.1 Å². The van der Waals surface area contributed by atoms with Crippen LogP contribution < -0.4 is 5.32 Å². The second-order valence-corrected chi connectivity index (χ2v) is 6.76. The Balaban J connectivity index is 0.00000110. The van der Waals surface area contributed by atoms with E-state index in [9.17, 15) is 0 Å². The summed E-state index contributed by atoms with van der Waals surface area (Å²) in [6.07, 6.45) is 3.80. The maximum absolute atomic E-state index is 4.60. The van der Waals surface area contributed by atoms with Gasteiger partial charge in [0.25, 0.3) is 0 Å². The lowest BCUT2D eigenvalue weighted by molar-refractivity contribution is 0.567. The quantitative estimate of drug-likeness (QED) is 0.807. The largest absolute Gasteiger partial charge is 0.360 e. The molecule has 8 heteroatoms. The molecule has 0 amide bonds.